The highest BCUT2D eigenvalue weighted by Gasteiger charge is 2.38. The van der Waals surface area contributed by atoms with Gasteiger partial charge in [0.1, 0.15) is 30.5 Å². The Balaban J connectivity index is 1.66. The van der Waals surface area contributed by atoms with Crippen LogP contribution in [0.2, 0.25) is 0 Å². The summed E-state index contributed by atoms with van der Waals surface area (Å²) >= 11 is 1.28. The number of hydrogen-bond acceptors (Lipinski definition) is 9. The largest absolute Gasteiger partial charge is 0.480 e. The molecule has 23 heavy (non-hydrogen) atoms. The molecule has 2 aliphatic heterocycles. The smallest absolute Gasteiger partial charge is 0.354 e. The molecule has 2 atom stereocenters. The van der Waals surface area contributed by atoms with Crippen molar-refractivity contribution in [2.45, 2.75) is 18.0 Å². The normalized spacial score (nSPS) is 21.2. The van der Waals surface area contributed by atoms with Gasteiger partial charge in [-0.3, -0.25) is 4.79 Å². The predicted octanol–water partition coefficient (Wildman–Crippen LogP) is -2.28. The van der Waals surface area contributed by atoms with E-state index in [1.165, 1.54) is 22.8 Å². The Morgan fingerprint density at radius 1 is 1.61 bits per heavy atom. The number of hydrogen-bond donors (Lipinski definition) is 3. The van der Waals surface area contributed by atoms with E-state index >= 15 is 0 Å². The second-order valence-corrected chi connectivity index (χ2v) is 5.95. The number of carbonyl (C=O) groups excluding carboxylic acids is 2. The summed E-state index contributed by atoms with van der Waals surface area (Å²) in [5.41, 5.74) is 1.08. The number of amides is 1. The van der Waals surface area contributed by atoms with Crippen molar-refractivity contribution in [3.8, 4) is 0 Å². The van der Waals surface area contributed by atoms with Crippen LogP contribution in [0.15, 0.2) is 17.6 Å². The molecule has 1 aromatic heterocycles. The monoisotopic (exact) mass is 340 g/mol. The molecule has 1 aromatic rings. The maximum absolute atomic E-state index is 11.9. The summed E-state index contributed by atoms with van der Waals surface area (Å²) in [6, 6.07) is -1.22. The number of carbonyl (C=O) groups is 3. The predicted molar refractivity (Wildman–Crippen MR) is 74.8 cm³/mol. The summed E-state index contributed by atoms with van der Waals surface area (Å²) in [6.07, 6.45) is 1.24. The van der Waals surface area contributed by atoms with Crippen molar-refractivity contribution >= 4 is 29.6 Å². The first-order chi connectivity index (χ1) is 11.0. The molecule has 122 valence electrons. The molecular weight excluding hydrogens is 328 g/mol. The highest BCUT2D eigenvalue weighted by atomic mass is 32.2. The molecule has 3 heterocycles. The number of aliphatic carboxylic acids is 1. The number of ether oxygens (including phenoxy) is 1. The van der Waals surface area contributed by atoms with Crippen LogP contribution in [0.25, 0.3) is 0 Å². The summed E-state index contributed by atoms with van der Waals surface area (Å²) in [6.45, 7) is 0.00837. The first kappa shape index (κ1) is 15.3. The zero-order valence-electron chi connectivity index (χ0n) is 11.6. The zero-order chi connectivity index (χ0) is 16.4. The molecule has 0 spiro atoms. The van der Waals surface area contributed by atoms with E-state index in [0.29, 0.717) is 5.75 Å². The highest BCUT2D eigenvalue weighted by Crippen LogP contribution is 2.28. The van der Waals surface area contributed by atoms with Gasteiger partial charge in [-0.05, 0) is 10.4 Å². The first-order valence-electron chi connectivity index (χ1n) is 6.55. The SMILES string of the molecule is O=C(Cn1cnnn1)NC(C(=O)O)[C@@H]1NC2=C(COC2=O)CS1. The van der Waals surface area contributed by atoms with E-state index in [9.17, 15) is 19.5 Å². The molecule has 0 radical (unpaired) electrons. The minimum atomic E-state index is -1.22. The van der Waals surface area contributed by atoms with Gasteiger partial charge in [-0.2, -0.15) is 0 Å². The third kappa shape index (κ3) is 3.26. The molecule has 0 aromatic carbocycles. The summed E-state index contributed by atoms with van der Waals surface area (Å²) in [4.78, 5) is 35.0. The van der Waals surface area contributed by atoms with Crippen LogP contribution >= 0.6 is 11.8 Å². The van der Waals surface area contributed by atoms with Crippen molar-refractivity contribution < 1.29 is 24.2 Å². The average Bonchev–Trinajstić information content (AvgIpc) is 3.15. The van der Waals surface area contributed by atoms with Crippen molar-refractivity contribution in [2.24, 2.45) is 0 Å². The number of thioether (sulfide) groups is 1. The topological polar surface area (TPSA) is 148 Å². The molecule has 0 aliphatic carbocycles. The average molecular weight is 340 g/mol. The maximum atomic E-state index is 11.9. The zero-order valence-corrected chi connectivity index (χ0v) is 12.4. The molecule has 11 nitrogen and oxygen atoms in total. The Hall–Kier alpha value is -2.63. The number of cyclic esters (lactones) is 1. The number of rotatable bonds is 5. The molecule has 0 fully saturated rings. The minimum Gasteiger partial charge on any atom is -0.480 e. The molecule has 3 rings (SSSR count). The summed E-state index contributed by atoms with van der Waals surface area (Å²) < 4.78 is 6.06. The van der Waals surface area contributed by atoms with E-state index in [0.717, 1.165) is 5.57 Å². The molecular formula is C11H12N6O5S. The summed E-state index contributed by atoms with van der Waals surface area (Å²) in [7, 11) is 0. The fourth-order valence-electron chi connectivity index (χ4n) is 2.16. The fraction of sp³-hybridized carbons (Fsp3) is 0.455. The van der Waals surface area contributed by atoms with Crippen molar-refractivity contribution in [3.05, 3.63) is 17.6 Å². The van der Waals surface area contributed by atoms with Crippen LogP contribution in [0.1, 0.15) is 0 Å². The van der Waals surface area contributed by atoms with Gasteiger partial charge < -0.3 is 20.5 Å². The van der Waals surface area contributed by atoms with E-state index in [1.807, 2.05) is 0 Å². The van der Waals surface area contributed by atoms with E-state index < -0.39 is 29.3 Å². The van der Waals surface area contributed by atoms with Crippen LogP contribution < -0.4 is 10.6 Å². The number of nitrogens with zero attached hydrogens (tertiary/aromatic N) is 4. The number of carboxylic acids is 1. The number of carboxylic acid groups (broad SMARTS) is 1. The van der Waals surface area contributed by atoms with Gasteiger partial charge in [0, 0.05) is 11.3 Å². The molecule has 1 amide bonds. The van der Waals surface area contributed by atoms with Crippen LogP contribution in [-0.4, -0.2) is 66.9 Å². The van der Waals surface area contributed by atoms with Gasteiger partial charge in [-0.1, -0.05) is 0 Å². The third-order valence-corrected chi connectivity index (χ3v) is 4.51. The number of esters is 1. The summed E-state index contributed by atoms with van der Waals surface area (Å²) in [5, 5.41) is 24.2. The van der Waals surface area contributed by atoms with Crippen LogP contribution in [-0.2, 0) is 25.7 Å². The standard InChI is InChI=1S/C11H12N6O5S/c18-6(1-17-4-12-15-16-17)13-8(10(19)20)9-14-7-5(3-23-9)2-22-11(7)21/h4,8-9,14H,1-3H2,(H,13,18)(H,19,20)/t8?,9-/m1/s1. The van der Waals surface area contributed by atoms with Gasteiger partial charge in [0.15, 0.2) is 6.04 Å². The number of aromatic nitrogens is 4. The number of tetrazole rings is 1. The van der Waals surface area contributed by atoms with Crippen molar-refractivity contribution in [1.29, 1.82) is 0 Å². The molecule has 1 unspecified atom stereocenters. The van der Waals surface area contributed by atoms with Crippen LogP contribution in [0.4, 0.5) is 0 Å². The lowest BCUT2D eigenvalue weighted by atomic mass is 10.2. The fourth-order valence-corrected chi connectivity index (χ4v) is 3.34. The van der Waals surface area contributed by atoms with E-state index in [4.69, 9.17) is 4.74 Å². The summed E-state index contributed by atoms with van der Waals surface area (Å²) in [5.74, 6) is -1.81. The van der Waals surface area contributed by atoms with Crippen LogP contribution in [0.3, 0.4) is 0 Å². The number of nitrogens with one attached hydrogen (secondary N) is 2. The van der Waals surface area contributed by atoms with Crippen molar-refractivity contribution in [2.75, 3.05) is 12.4 Å². The van der Waals surface area contributed by atoms with E-state index in [2.05, 4.69) is 26.2 Å². The Morgan fingerprint density at radius 2 is 2.43 bits per heavy atom. The first-order valence-corrected chi connectivity index (χ1v) is 7.59. The minimum absolute atomic E-state index is 0.204. The van der Waals surface area contributed by atoms with Crippen molar-refractivity contribution in [1.82, 2.24) is 30.8 Å². The van der Waals surface area contributed by atoms with E-state index in [1.54, 1.807) is 0 Å². The highest BCUT2D eigenvalue weighted by molar-refractivity contribution is 8.00. The lowest BCUT2D eigenvalue weighted by Crippen LogP contribution is -2.54. The quantitative estimate of drug-likeness (QED) is 0.500. The maximum Gasteiger partial charge on any atom is 0.354 e. The Labute approximate surface area is 133 Å². The molecule has 3 N–H and O–H groups in total. The Kier molecular flexibility index (Phi) is 4.14. The van der Waals surface area contributed by atoms with Gasteiger partial charge in [0.05, 0.1) is 0 Å². The van der Waals surface area contributed by atoms with Gasteiger partial charge in [0.2, 0.25) is 5.91 Å². The second kappa shape index (κ2) is 6.24. The lowest BCUT2D eigenvalue weighted by Gasteiger charge is -2.29. The molecule has 0 bridgehead atoms. The third-order valence-electron chi connectivity index (χ3n) is 3.24. The van der Waals surface area contributed by atoms with Gasteiger partial charge in [-0.25, -0.2) is 14.3 Å². The Morgan fingerprint density at radius 3 is 3.13 bits per heavy atom. The second-order valence-electron chi connectivity index (χ2n) is 4.82. The molecule has 12 heteroatoms. The van der Waals surface area contributed by atoms with Crippen LogP contribution in [0.5, 0.6) is 0 Å². The molecule has 0 saturated carbocycles. The van der Waals surface area contributed by atoms with Gasteiger partial charge >= 0.3 is 11.9 Å². The Bertz CT molecular complexity index is 674. The van der Waals surface area contributed by atoms with Gasteiger partial charge in [0.25, 0.3) is 0 Å². The lowest BCUT2D eigenvalue weighted by molar-refractivity contribution is -0.142. The molecule has 2 aliphatic rings. The van der Waals surface area contributed by atoms with Gasteiger partial charge in [-0.15, -0.1) is 16.9 Å². The van der Waals surface area contributed by atoms with Crippen LogP contribution in [0, 0.1) is 0 Å². The van der Waals surface area contributed by atoms with Crippen molar-refractivity contribution in [3.63, 3.8) is 0 Å². The van der Waals surface area contributed by atoms with E-state index in [-0.39, 0.29) is 18.8 Å². The molecule has 0 saturated heterocycles.